The van der Waals surface area contributed by atoms with E-state index < -0.39 is 0 Å². The molecule has 0 aliphatic carbocycles. The molecular formula is C18H20BrN3O3. The fraction of sp³-hybridized carbons (Fsp3) is 0.389. The minimum atomic E-state index is -0.271. The van der Waals surface area contributed by atoms with Gasteiger partial charge in [0.2, 0.25) is 11.8 Å². The molecule has 1 saturated heterocycles. The number of piperidine rings is 1. The van der Waals surface area contributed by atoms with Crippen molar-refractivity contribution in [1.29, 1.82) is 0 Å². The largest absolute Gasteiger partial charge is 0.441 e. The van der Waals surface area contributed by atoms with E-state index in [0.29, 0.717) is 50.4 Å². The molecule has 2 N–H and O–H groups in total. The molecule has 7 heteroatoms. The van der Waals surface area contributed by atoms with E-state index in [-0.39, 0.29) is 17.7 Å². The van der Waals surface area contributed by atoms with E-state index in [1.54, 1.807) is 11.1 Å². The first-order valence-electron chi connectivity index (χ1n) is 8.30. The van der Waals surface area contributed by atoms with Crippen LogP contribution in [0.4, 0.5) is 0 Å². The fourth-order valence-electron chi connectivity index (χ4n) is 2.96. The number of aromatic nitrogens is 1. The van der Waals surface area contributed by atoms with Gasteiger partial charge in [-0.25, -0.2) is 4.98 Å². The molecule has 0 bridgehead atoms. The Bertz CT molecular complexity index is 749. The molecule has 1 aliphatic heterocycles. The number of nitrogens with zero attached hydrogens (tertiary/aromatic N) is 2. The van der Waals surface area contributed by atoms with Crippen LogP contribution in [0.3, 0.4) is 0 Å². The van der Waals surface area contributed by atoms with Crippen molar-refractivity contribution in [2.24, 2.45) is 11.7 Å². The van der Waals surface area contributed by atoms with Gasteiger partial charge in [-0.1, -0.05) is 28.1 Å². The fourth-order valence-corrected chi connectivity index (χ4v) is 3.22. The van der Waals surface area contributed by atoms with Gasteiger partial charge in [0.25, 0.3) is 0 Å². The summed E-state index contributed by atoms with van der Waals surface area (Å²) in [7, 11) is 0. The Morgan fingerprint density at radius 3 is 2.56 bits per heavy atom. The standard InChI is InChI=1S/C18H20BrN3O3/c19-14-3-1-12(2-4-14)15-11-21-16(25-15)5-6-17(23)22-9-7-13(8-10-22)18(20)24/h1-4,11,13H,5-10H2,(H2,20,24). The van der Waals surface area contributed by atoms with Crippen LogP contribution in [0, 0.1) is 5.92 Å². The zero-order valence-electron chi connectivity index (χ0n) is 13.8. The molecule has 0 radical (unpaired) electrons. The normalized spacial score (nSPS) is 15.3. The lowest BCUT2D eigenvalue weighted by atomic mass is 9.96. The molecule has 3 rings (SSSR count). The van der Waals surface area contributed by atoms with Crippen LogP contribution in [0.5, 0.6) is 0 Å². The number of hydrogen-bond acceptors (Lipinski definition) is 4. The number of nitrogens with two attached hydrogens (primary N) is 1. The number of halogens is 1. The average molecular weight is 406 g/mol. The molecule has 0 spiro atoms. The Hall–Kier alpha value is -2.15. The van der Waals surface area contributed by atoms with Crippen molar-refractivity contribution in [3.8, 4) is 11.3 Å². The Morgan fingerprint density at radius 2 is 1.92 bits per heavy atom. The first kappa shape index (κ1) is 17.7. The van der Waals surface area contributed by atoms with E-state index >= 15 is 0 Å². The van der Waals surface area contributed by atoms with Crippen LogP contribution in [0.25, 0.3) is 11.3 Å². The smallest absolute Gasteiger partial charge is 0.223 e. The van der Waals surface area contributed by atoms with Gasteiger partial charge >= 0.3 is 0 Å². The number of aryl methyl sites for hydroxylation is 1. The number of rotatable bonds is 5. The minimum absolute atomic E-state index is 0.0614. The van der Waals surface area contributed by atoms with Crippen molar-refractivity contribution in [1.82, 2.24) is 9.88 Å². The third kappa shape index (κ3) is 4.48. The Kier molecular flexibility index (Phi) is 5.53. The summed E-state index contributed by atoms with van der Waals surface area (Å²) in [5.74, 6) is 0.929. The van der Waals surface area contributed by atoms with Crippen LogP contribution in [0.2, 0.25) is 0 Å². The van der Waals surface area contributed by atoms with Crippen LogP contribution in [0.1, 0.15) is 25.2 Å². The minimum Gasteiger partial charge on any atom is -0.441 e. The van der Waals surface area contributed by atoms with Crippen LogP contribution < -0.4 is 5.73 Å². The number of oxazole rings is 1. The van der Waals surface area contributed by atoms with Crippen LogP contribution in [-0.2, 0) is 16.0 Å². The van der Waals surface area contributed by atoms with Crippen molar-refractivity contribution in [3.05, 3.63) is 40.8 Å². The van der Waals surface area contributed by atoms with E-state index in [1.165, 1.54) is 0 Å². The molecule has 2 amide bonds. The van der Waals surface area contributed by atoms with E-state index in [0.717, 1.165) is 10.0 Å². The molecule has 0 saturated carbocycles. The quantitative estimate of drug-likeness (QED) is 0.827. The lowest BCUT2D eigenvalue weighted by Gasteiger charge is -2.30. The summed E-state index contributed by atoms with van der Waals surface area (Å²) in [6.45, 7) is 1.17. The van der Waals surface area contributed by atoms with Crippen LogP contribution in [-0.4, -0.2) is 34.8 Å². The summed E-state index contributed by atoms with van der Waals surface area (Å²) in [5.41, 5.74) is 6.26. The topological polar surface area (TPSA) is 89.4 Å². The number of carbonyl (C=O) groups is 2. The first-order valence-corrected chi connectivity index (χ1v) is 9.10. The van der Waals surface area contributed by atoms with Gasteiger partial charge in [-0.3, -0.25) is 9.59 Å². The number of hydrogen-bond donors (Lipinski definition) is 1. The van der Waals surface area contributed by atoms with Gasteiger partial charge in [0, 0.05) is 41.9 Å². The van der Waals surface area contributed by atoms with Crippen LogP contribution >= 0.6 is 15.9 Å². The third-order valence-electron chi connectivity index (χ3n) is 4.49. The summed E-state index contributed by atoms with van der Waals surface area (Å²) in [6, 6.07) is 7.78. The molecule has 1 fully saturated rings. The van der Waals surface area contributed by atoms with Crippen molar-refractivity contribution < 1.29 is 14.0 Å². The number of amides is 2. The number of carbonyl (C=O) groups excluding carboxylic acids is 2. The molecule has 0 atom stereocenters. The van der Waals surface area contributed by atoms with Gasteiger partial charge in [0.1, 0.15) is 0 Å². The highest BCUT2D eigenvalue weighted by Crippen LogP contribution is 2.23. The molecule has 25 heavy (non-hydrogen) atoms. The Balaban J connectivity index is 1.51. The molecule has 2 heterocycles. The molecule has 1 aromatic heterocycles. The van der Waals surface area contributed by atoms with Crippen molar-refractivity contribution in [2.45, 2.75) is 25.7 Å². The number of likely N-dealkylation sites (tertiary alicyclic amines) is 1. The predicted octanol–water partition coefficient (Wildman–Crippen LogP) is 2.76. The second-order valence-corrected chi connectivity index (χ2v) is 7.10. The molecule has 132 valence electrons. The lowest BCUT2D eigenvalue weighted by molar-refractivity contribution is -0.134. The summed E-state index contributed by atoms with van der Waals surface area (Å²) in [5, 5.41) is 0. The highest BCUT2D eigenvalue weighted by atomic mass is 79.9. The van der Waals surface area contributed by atoms with E-state index in [4.69, 9.17) is 10.2 Å². The maximum atomic E-state index is 12.3. The van der Waals surface area contributed by atoms with Crippen LogP contribution in [0.15, 0.2) is 39.4 Å². The zero-order valence-corrected chi connectivity index (χ0v) is 15.4. The van der Waals surface area contributed by atoms with Crippen molar-refractivity contribution >= 4 is 27.7 Å². The highest BCUT2D eigenvalue weighted by Gasteiger charge is 2.25. The number of primary amides is 1. The van der Waals surface area contributed by atoms with E-state index in [1.807, 2.05) is 24.3 Å². The second-order valence-electron chi connectivity index (χ2n) is 6.18. The average Bonchev–Trinajstić information content (AvgIpc) is 3.09. The van der Waals surface area contributed by atoms with E-state index in [2.05, 4.69) is 20.9 Å². The third-order valence-corrected chi connectivity index (χ3v) is 5.01. The molecule has 1 aliphatic rings. The predicted molar refractivity (Wildman–Crippen MR) is 96.5 cm³/mol. The van der Waals surface area contributed by atoms with Gasteiger partial charge in [-0.2, -0.15) is 0 Å². The lowest BCUT2D eigenvalue weighted by Crippen LogP contribution is -2.41. The molecule has 1 aromatic carbocycles. The monoisotopic (exact) mass is 405 g/mol. The summed E-state index contributed by atoms with van der Waals surface area (Å²) in [4.78, 5) is 29.5. The maximum Gasteiger partial charge on any atom is 0.223 e. The zero-order chi connectivity index (χ0) is 17.8. The molecule has 0 unspecified atom stereocenters. The SMILES string of the molecule is NC(=O)C1CCN(C(=O)CCc2ncc(-c3ccc(Br)cc3)o2)CC1. The van der Waals surface area contributed by atoms with Gasteiger partial charge < -0.3 is 15.1 Å². The van der Waals surface area contributed by atoms with E-state index in [9.17, 15) is 9.59 Å². The molecule has 2 aromatic rings. The second kappa shape index (κ2) is 7.82. The van der Waals surface area contributed by atoms with Gasteiger partial charge in [-0.15, -0.1) is 0 Å². The van der Waals surface area contributed by atoms with Crippen molar-refractivity contribution in [3.63, 3.8) is 0 Å². The molecule has 6 nitrogen and oxygen atoms in total. The maximum absolute atomic E-state index is 12.3. The Morgan fingerprint density at radius 1 is 1.24 bits per heavy atom. The van der Waals surface area contributed by atoms with Crippen molar-refractivity contribution in [2.75, 3.05) is 13.1 Å². The highest BCUT2D eigenvalue weighted by molar-refractivity contribution is 9.10. The van der Waals surface area contributed by atoms with Gasteiger partial charge in [0.15, 0.2) is 11.7 Å². The summed E-state index contributed by atoms with van der Waals surface area (Å²) >= 11 is 3.40. The first-order chi connectivity index (χ1) is 12.0. The summed E-state index contributed by atoms with van der Waals surface area (Å²) < 4.78 is 6.74. The molecular weight excluding hydrogens is 386 g/mol. The van der Waals surface area contributed by atoms with Gasteiger partial charge in [-0.05, 0) is 25.0 Å². The van der Waals surface area contributed by atoms with Gasteiger partial charge in [0.05, 0.1) is 6.20 Å². The Labute approximate surface area is 154 Å². The number of benzene rings is 1. The summed E-state index contributed by atoms with van der Waals surface area (Å²) in [6.07, 6.45) is 3.79.